The maximum atomic E-state index is 13.1. The Bertz CT molecular complexity index is 1050. The quantitative estimate of drug-likeness (QED) is 0.361. The number of carboxylic acids is 1. The van der Waals surface area contributed by atoms with Gasteiger partial charge in [-0.1, -0.05) is 35.3 Å². The summed E-state index contributed by atoms with van der Waals surface area (Å²) >= 11 is 11.8. The van der Waals surface area contributed by atoms with E-state index in [-0.39, 0.29) is 22.5 Å². The van der Waals surface area contributed by atoms with E-state index in [0.717, 1.165) is 18.0 Å². The number of aliphatic carboxylic acids is 1. The molecule has 0 fully saturated rings. The minimum atomic E-state index is -5.13. The van der Waals surface area contributed by atoms with Gasteiger partial charge < -0.3 is 10.0 Å². The molecule has 12 heteroatoms. The number of carbonyl (C=O) groups is 2. The number of carbonyl (C=O) groups excluding carboxylic acids is 1. The van der Waals surface area contributed by atoms with Crippen molar-refractivity contribution < 1.29 is 41.0 Å². The lowest BCUT2D eigenvalue weighted by Gasteiger charge is -2.27. The third-order valence-corrected chi connectivity index (χ3v) is 5.28. The average Bonchev–Trinajstić information content (AvgIpc) is 2.70. The van der Waals surface area contributed by atoms with Crippen LogP contribution in [-0.4, -0.2) is 35.0 Å². The van der Waals surface area contributed by atoms with Crippen LogP contribution in [-0.2, 0) is 23.6 Å². The molecule has 0 unspecified atom stereocenters. The van der Waals surface area contributed by atoms with Crippen molar-refractivity contribution >= 4 is 35.1 Å². The van der Waals surface area contributed by atoms with Gasteiger partial charge in [-0.25, -0.2) is 4.79 Å². The molecule has 33 heavy (non-hydrogen) atoms. The van der Waals surface area contributed by atoms with Crippen LogP contribution in [0.25, 0.3) is 0 Å². The molecule has 4 nitrogen and oxygen atoms in total. The molecule has 1 N–H and O–H groups in total. The summed E-state index contributed by atoms with van der Waals surface area (Å²) in [5.74, 6) is -2.54. The molecule has 178 valence electrons. The van der Waals surface area contributed by atoms with Crippen LogP contribution in [0.3, 0.4) is 0 Å². The van der Waals surface area contributed by atoms with E-state index in [4.69, 9.17) is 28.3 Å². The first-order valence-electron chi connectivity index (χ1n) is 9.01. The molecule has 0 spiro atoms. The smallest absolute Gasteiger partial charge is 0.416 e. The van der Waals surface area contributed by atoms with Crippen molar-refractivity contribution in [2.75, 3.05) is 7.05 Å². The van der Waals surface area contributed by atoms with Crippen LogP contribution in [0, 0.1) is 0 Å². The summed E-state index contributed by atoms with van der Waals surface area (Å²) in [7, 11) is 1.13. The zero-order valence-electron chi connectivity index (χ0n) is 16.6. The summed E-state index contributed by atoms with van der Waals surface area (Å²) in [6, 6.07) is 3.90. The maximum Gasteiger partial charge on any atom is 0.416 e. The van der Waals surface area contributed by atoms with Crippen molar-refractivity contribution in [1.82, 2.24) is 4.90 Å². The zero-order chi connectivity index (χ0) is 25.1. The molecular formula is C21H15Cl2F6NO3. The van der Waals surface area contributed by atoms with Gasteiger partial charge in [0, 0.05) is 18.7 Å². The summed E-state index contributed by atoms with van der Waals surface area (Å²) in [5.41, 5.74) is -3.65. The van der Waals surface area contributed by atoms with E-state index in [9.17, 15) is 35.9 Å². The predicted octanol–water partition coefficient (Wildman–Crippen LogP) is 6.36. The number of amides is 1. The minimum Gasteiger partial charge on any atom is -0.478 e. The van der Waals surface area contributed by atoms with Gasteiger partial charge in [0.05, 0.1) is 27.2 Å². The summed E-state index contributed by atoms with van der Waals surface area (Å²) in [6.45, 7) is 0. The lowest BCUT2D eigenvalue weighted by atomic mass is 10.0. The molecule has 2 rings (SSSR count). The van der Waals surface area contributed by atoms with E-state index in [0.29, 0.717) is 23.8 Å². The van der Waals surface area contributed by atoms with Gasteiger partial charge in [0.1, 0.15) is 0 Å². The van der Waals surface area contributed by atoms with E-state index in [1.807, 2.05) is 0 Å². The Morgan fingerprint density at radius 2 is 1.52 bits per heavy atom. The molecule has 0 heterocycles. The zero-order valence-corrected chi connectivity index (χ0v) is 18.1. The van der Waals surface area contributed by atoms with Gasteiger partial charge in [-0.2, -0.15) is 26.3 Å². The normalized spacial score (nSPS) is 13.2. The molecule has 0 saturated carbocycles. The Kier molecular flexibility index (Phi) is 8.08. The Morgan fingerprint density at radius 3 is 1.97 bits per heavy atom. The average molecular weight is 514 g/mol. The molecule has 0 aromatic heterocycles. The standard InChI is InChI=1S/C21H15Cl2F6NO3/c1-30(15(3-5-18(31)32)6-11-2-4-16(22)17(23)7-11)19(33)12-8-13(20(24,25)26)10-14(9-12)21(27,28)29/h2-5,7-10,15H,6H2,1H3,(H,31,32)/t15-/m0/s1. The van der Waals surface area contributed by atoms with Gasteiger partial charge in [-0.05, 0) is 42.3 Å². The van der Waals surface area contributed by atoms with Crippen LogP contribution in [0.4, 0.5) is 26.3 Å². The molecule has 0 aliphatic carbocycles. The van der Waals surface area contributed by atoms with Crippen molar-refractivity contribution in [3.05, 3.63) is 80.8 Å². The van der Waals surface area contributed by atoms with Crippen LogP contribution in [0.2, 0.25) is 10.0 Å². The van der Waals surface area contributed by atoms with Gasteiger partial charge >= 0.3 is 18.3 Å². The highest BCUT2D eigenvalue weighted by molar-refractivity contribution is 6.42. The Labute approximate surface area is 194 Å². The number of benzene rings is 2. The Morgan fingerprint density at radius 1 is 0.970 bits per heavy atom. The van der Waals surface area contributed by atoms with Crippen molar-refractivity contribution in [2.24, 2.45) is 0 Å². The number of hydrogen-bond acceptors (Lipinski definition) is 2. The van der Waals surface area contributed by atoms with Crippen LogP contribution < -0.4 is 0 Å². The number of hydrogen-bond donors (Lipinski definition) is 1. The van der Waals surface area contributed by atoms with E-state index in [1.54, 1.807) is 0 Å². The van der Waals surface area contributed by atoms with E-state index in [1.165, 1.54) is 18.2 Å². The number of halogens is 8. The van der Waals surface area contributed by atoms with Gasteiger partial charge in [0.25, 0.3) is 5.91 Å². The second kappa shape index (κ2) is 10.0. The first-order valence-corrected chi connectivity index (χ1v) is 9.77. The number of carboxylic acid groups (broad SMARTS) is 1. The maximum absolute atomic E-state index is 13.1. The summed E-state index contributed by atoms with van der Waals surface area (Å²) in [6.07, 6.45) is -8.51. The fraction of sp³-hybridized carbons (Fsp3) is 0.238. The summed E-state index contributed by atoms with van der Waals surface area (Å²) in [4.78, 5) is 24.7. The van der Waals surface area contributed by atoms with Crippen molar-refractivity contribution in [1.29, 1.82) is 0 Å². The van der Waals surface area contributed by atoms with Gasteiger partial charge in [-0.3, -0.25) is 4.79 Å². The van der Waals surface area contributed by atoms with Gasteiger partial charge in [0.2, 0.25) is 0 Å². The largest absolute Gasteiger partial charge is 0.478 e. The van der Waals surface area contributed by atoms with E-state index in [2.05, 4.69) is 0 Å². The molecule has 0 saturated heterocycles. The van der Waals surface area contributed by atoms with E-state index < -0.39 is 47.0 Å². The highest BCUT2D eigenvalue weighted by atomic mass is 35.5. The Hall–Kier alpha value is -2.72. The molecule has 1 amide bonds. The first-order chi connectivity index (χ1) is 15.1. The van der Waals surface area contributed by atoms with Crippen LogP contribution in [0.15, 0.2) is 48.6 Å². The van der Waals surface area contributed by atoms with Crippen molar-refractivity contribution in [3.63, 3.8) is 0 Å². The number of likely N-dealkylation sites (N-methyl/N-ethyl adjacent to an activating group) is 1. The van der Waals surface area contributed by atoms with Crippen molar-refractivity contribution in [3.8, 4) is 0 Å². The predicted molar refractivity (Wildman–Crippen MR) is 109 cm³/mol. The van der Waals surface area contributed by atoms with Crippen LogP contribution >= 0.6 is 23.2 Å². The molecule has 0 radical (unpaired) electrons. The fourth-order valence-corrected chi connectivity index (χ4v) is 3.19. The van der Waals surface area contributed by atoms with E-state index >= 15 is 0 Å². The molecule has 0 aliphatic heterocycles. The molecule has 0 bridgehead atoms. The molecule has 2 aromatic carbocycles. The third kappa shape index (κ3) is 7.13. The number of rotatable bonds is 6. The monoisotopic (exact) mass is 513 g/mol. The Balaban J connectivity index is 2.49. The topological polar surface area (TPSA) is 57.6 Å². The highest BCUT2D eigenvalue weighted by Gasteiger charge is 2.38. The summed E-state index contributed by atoms with van der Waals surface area (Å²) in [5, 5.41) is 9.31. The minimum absolute atomic E-state index is 0.0476. The first kappa shape index (κ1) is 26.5. The fourth-order valence-electron chi connectivity index (χ4n) is 2.87. The summed E-state index contributed by atoms with van der Waals surface area (Å²) < 4.78 is 78.8. The molecule has 1 atom stereocenters. The molecule has 0 aliphatic rings. The van der Waals surface area contributed by atoms with Crippen LogP contribution in [0.1, 0.15) is 27.0 Å². The number of alkyl halides is 6. The van der Waals surface area contributed by atoms with Gasteiger partial charge in [0.15, 0.2) is 0 Å². The lowest BCUT2D eigenvalue weighted by Crippen LogP contribution is -2.37. The lowest BCUT2D eigenvalue weighted by molar-refractivity contribution is -0.143. The highest BCUT2D eigenvalue weighted by Crippen LogP contribution is 2.36. The molecular weight excluding hydrogens is 499 g/mol. The number of nitrogens with zero attached hydrogens (tertiary/aromatic N) is 1. The molecule has 2 aromatic rings. The second-order valence-corrected chi connectivity index (χ2v) is 7.74. The SMILES string of the molecule is CN(C(=O)c1cc(C(F)(F)F)cc(C(F)(F)F)c1)[C@@H](C=CC(=O)O)Cc1ccc(Cl)c(Cl)c1. The van der Waals surface area contributed by atoms with Gasteiger partial charge in [-0.15, -0.1) is 0 Å². The van der Waals surface area contributed by atoms with Crippen molar-refractivity contribution in [2.45, 2.75) is 24.8 Å². The third-order valence-electron chi connectivity index (χ3n) is 4.54. The second-order valence-electron chi connectivity index (χ2n) is 6.93. The van der Waals surface area contributed by atoms with Crippen LogP contribution in [0.5, 0.6) is 0 Å².